The fourth-order valence-electron chi connectivity index (χ4n) is 3.92. The predicted octanol–water partition coefficient (Wildman–Crippen LogP) is 4.45. The minimum absolute atomic E-state index is 0.184. The minimum Gasteiger partial charge on any atom is -0.302 e. The summed E-state index contributed by atoms with van der Waals surface area (Å²) < 4.78 is 0. The number of hydrogen-bond donors (Lipinski definition) is 0. The lowest BCUT2D eigenvalue weighted by molar-refractivity contribution is 0.0815. The maximum absolute atomic E-state index is 13.0. The van der Waals surface area contributed by atoms with Crippen LogP contribution >= 0.6 is 0 Å². The number of aryl methyl sites for hydroxylation is 1. The van der Waals surface area contributed by atoms with Gasteiger partial charge in [-0.25, -0.2) is 0 Å². The summed E-state index contributed by atoms with van der Waals surface area (Å²) in [5, 5.41) is 2.43. The van der Waals surface area contributed by atoms with Crippen molar-refractivity contribution in [2.24, 2.45) is 11.8 Å². The van der Waals surface area contributed by atoms with Crippen LogP contribution in [0.1, 0.15) is 41.6 Å². The van der Waals surface area contributed by atoms with Gasteiger partial charge in [0.15, 0.2) is 5.78 Å². The van der Waals surface area contributed by atoms with Crippen LogP contribution in [-0.2, 0) is 0 Å². The van der Waals surface area contributed by atoms with Crippen molar-refractivity contribution in [3.8, 4) is 0 Å². The van der Waals surface area contributed by atoms with Crippen molar-refractivity contribution >= 4 is 16.6 Å². The highest BCUT2D eigenvalue weighted by Crippen LogP contribution is 2.32. The Balaban J connectivity index is 1.54. The summed E-state index contributed by atoms with van der Waals surface area (Å²) in [5.74, 6) is 1.44. The third-order valence-corrected chi connectivity index (χ3v) is 5.47. The lowest BCUT2D eigenvalue weighted by Crippen LogP contribution is -2.39. The Bertz CT molecular complexity index is 732. The molecule has 1 atom stereocenters. The van der Waals surface area contributed by atoms with E-state index < -0.39 is 0 Å². The Kier molecular flexibility index (Phi) is 3.94. The number of hydrogen-bond acceptors (Lipinski definition) is 2. The van der Waals surface area contributed by atoms with Crippen LogP contribution in [0.2, 0.25) is 0 Å². The van der Waals surface area contributed by atoms with Crippen molar-refractivity contribution in [2.45, 2.75) is 32.6 Å². The van der Waals surface area contributed by atoms with E-state index in [-0.39, 0.29) is 5.92 Å². The summed E-state index contributed by atoms with van der Waals surface area (Å²) in [6.45, 7) is 5.47. The Morgan fingerprint density at radius 1 is 1.17 bits per heavy atom. The summed E-state index contributed by atoms with van der Waals surface area (Å²) in [6.07, 6.45) is 4.99. The molecule has 0 N–H and O–H groups in total. The normalized spacial score (nSPS) is 22.4. The number of Topliss-reactive ketones (excluding diaryl/α,β-unsaturated/α-hetero) is 1. The van der Waals surface area contributed by atoms with Crippen molar-refractivity contribution < 1.29 is 4.79 Å². The van der Waals surface area contributed by atoms with Crippen molar-refractivity contribution in [1.82, 2.24) is 4.90 Å². The van der Waals surface area contributed by atoms with Gasteiger partial charge in [0, 0.05) is 24.6 Å². The van der Waals surface area contributed by atoms with Gasteiger partial charge in [0.1, 0.15) is 0 Å². The quantitative estimate of drug-likeness (QED) is 0.778. The molecule has 0 amide bonds. The standard InChI is InChI=1S/C21H25NO/c1-15-4-2-5-17-9-10-18(12-20(15)17)21(23)19-6-3-11-22(14-19)13-16-7-8-16/h2,4-5,9-10,12,16,19H,3,6-8,11,13-14H2,1H3. The molecule has 0 aromatic heterocycles. The highest BCUT2D eigenvalue weighted by atomic mass is 16.1. The van der Waals surface area contributed by atoms with Gasteiger partial charge in [-0.15, -0.1) is 0 Å². The van der Waals surface area contributed by atoms with E-state index >= 15 is 0 Å². The number of carbonyl (C=O) groups is 1. The number of carbonyl (C=O) groups excluding carboxylic acids is 1. The van der Waals surface area contributed by atoms with Crippen LogP contribution in [0.25, 0.3) is 10.8 Å². The molecule has 2 heteroatoms. The number of ketones is 1. The largest absolute Gasteiger partial charge is 0.302 e. The fraction of sp³-hybridized carbons (Fsp3) is 0.476. The van der Waals surface area contributed by atoms with Crippen LogP contribution in [0.3, 0.4) is 0 Å². The molecule has 2 nitrogen and oxygen atoms in total. The number of rotatable bonds is 4. The molecule has 1 saturated carbocycles. The summed E-state index contributed by atoms with van der Waals surface area (Å²) in [7, 11) is 0. The van der Waals surface area contributed by atoms with Gasteiger partial charge in [0.25, 0.3) is 0 Å². The third-order valence-electron chi connectivity index (χ3n) is 5.47. The lowest BCUT2D eigenvalue weighted by atomic mass is 9.88. The van der Waals surface area contributed by atoms with E-state index in [0.717, 1.165) is 30.9 Å². The Labute approximate surface area is 138 Å². The molecule has 1 unspecified atom stereocenters. The first kappa shape index (κ1) is 14.9. The zero-order valence-electron chi connectivity index (χ0n) is 13.9. The van der Waals surface area contributed by atoms with Gasteiger partial charge in [-0.1, -0.05) is 30.3 Å². The molecule has 0 bridgehead atoms. The molecule has 1 aliphatic carbocycles. The van der Waals surface area contributed by atoms with Crippen molar-refractivity contribution in [3.05, 3.63) is 47.5 Å². The fourth-order valence-corrected chi connectivity index (χ4v) is 3.92. The number of likely N-dealkylation sites (tertiary alicyclic amines) is 1. The van der Waals surface area contributed by atoms with E-state index in [0.29, 0.717) is 5.78 Å². The van der Waals surface area contributed by atoms with E-state index in [2.05, 4.69) is 42.2 Å². The monoisotopic (exact) mass is 307 g/mol. The van der Waals surface area contributed by atoms with Crippen molar-refractivity contribution in [3.63, 3.8) is 0 Å². The predicted molar refractivity (Wildman–Crippen MR) is 94.9 cm³/mol. The molecular formula is C21H25NO. The van der Waals surface area contributed by atoms with E-state index in [1.165, 1.54) is 42.3 Å². The van der Waals surface area contributed by atoms with Gasteiger partial charge in [-0.2, -0.15) is 0 Å². The molecule has 2 aliphatic rings. The Morgan fingerprint density at radius 3 is 2.87 bits per heavy atom. The smallest absolute Gasteiger partial charge is 0.167 e. The maximum atomic E-state index is 13.0. The van der Waals surface area contributed by atoms with Crippen molar-refractivity contribution in [1.29, 1.82) is 0 Å². The van der Waals surface area contributed by atoms with Crippen LogP contribution in [0.4, 0.5) is 0 Å². The summed E-state index contributed by atoms with van der Waals surface area (Å²) in [6, 6.07) is 12.5. The summed E-state index contributed by atoms with van der Waals surface area (Å²) in [5.41, 5.74) is 2.14. The molecule has 1 saturated heterocycles. The van der Waals surface area contributed by atoms with E-state index in [1.54, 1.807) is 0 Å². The molecule has 0 radical (unpaired) electrons. The first-order valence-electron chi connectivity index (χ1n) is 8.96. The van der Waals surface area contributed by atoms with E-state index in [9.17, 15) is 4.79 Å². The molecule has 4 rings (SSSR count). The molecule has 2 aromatic rings. The molecule has 2 fully saturated rings. The maximum Gasteiger partial charge on any atom is 0.167 e. The zero-order chi connectivity index (χ0) is 15.8. The van der Waals surface area contributed by atoms with Crippen LogP contribution in [0.15, 0.2) is 36.4 Å². The van der Waals surface area contributed by atoms with Gasteiger partial charge in [-0.05, 0) is 67.5 Å². The van der Waals surface area contributed by atoms with Gasteiger partial charge < -0.3 is 4.90 Å². The van der Waals surface area contributed by atoms with Gasteiger partial charge in [-0.3, -0.25) is 4.79 Å². The summed E-state index contributed by atoms with van der Waals surface area (Å²) in [4.78, 5) is 15.5. The molecule has 23 heavy (non-hydrogen) atoms. The van der Waals surface area contributed by atoms with Gasteiger partial charge in [0.05, 0.1) is 0 Å². The second-order valence-corrected chi connectivity index (χ2v) is 7.42. The highest BCUT2D eigenvalue weighted by molar-refractivity contribution is 6.02. The highest BCUT2D eigenvalue weighted by Gasteiger charge is 2.30. The zero-order valence-corrected chi connectivity index (χ0v) is 13.9. The molecule has 0 spiro atoms. The van der Waals surface area contributed by atoms with E-state index in [4.69, 9.17) is 0 Å². The minimum atomic E-state index is 0.184. The van der Waals surface area contributed by atoms with Crippen LogP contribution in [0.5, 0.6) is 0 Å². The van der Waals surface area contributed by atoms with Gasteiger partial charge in [0.2, 0.25) is 0 Å². The van der Waals surface area contributed by atoms with Crippen molar-refractivity contribution in [2.75, 3.05) is 19.6 Å². The van der Waals surface area contributed by atoms with E-state index in [1.807, 2.05) is 6.07 Å². The molecule has 2 aromatic carbocycles. The molecule has 1 heterocycles. The molecular weight excluding hydrogens is 282 g/mol. The first-order valence-corrected chi connectivity index (χ1v) is 8.96. The third kappa shape index (κ3) is 3.18. The number of nitrogens with zero attached hydrogens (tertiary/aromatic N) is 1. The number of benzene rings is 2. The topological polar surface area (TPSA) is 20.3 Å². The Hall–Kier alpha value is -1.67. The van der Waals surface area contributed by atoms with Crippen LogP contribution in [-0.4, -0.2) is 30.3 Å². The van der Waals surface area contributed by atoms with Crippen LogP contribution < -0.4 is 0 Å². The van der Waals surface area contributed by atoms with Gasteiger partial charge >= 0.3 is 0 Å². The average Bonchev–Trinajstić information content (AvgIpc) is 3.38. The van der Waals surface area contributed by atoms with Crippen LogP contribution in [0, 0.1) is 18.8 Å². The SMILES string of the molecule is Cc1cccc2ccc(C(=O)C3CCCN(CC4CC4)C3)cc12. The average molecular weight is 307 g/mol. The summed E-state index contributed by atoms with van der Waals surface area (Å²) >= 11 is 0. The first-order chi connectivity index (χ1) is 11.2. The molecule has 120 valence electrons. The lowest BCUT2D eigenvalue weighted by Gasteiger charge is -2.32. The number of piperidine rings is 1. The molecule has 1 aliphatic heterocycles. The second kappa shape index (κ2) is 6.09. The second-order valence-electron chi connectivity index (χ2n) is 7.42. The number of fused-ring (bicyclic) bond motifs is 1. The Morgan fingerprint density at radius 2 is 2.04 bits per heavy atom.